The number of amides is 1. The summed E-state index contributed by atoms with van der Waals surface area (Å²) in [5.41, 5.74) is 7.02. The van der Waals surface area contributed by atoms with Crippen molar-refractivity contribution in [2.24, 2.45) is 0 Å². The van der Waals surface area contributed by atoms with Crippen molar-refractivity contribution in [3.05, 3.63) is 52.8 Å². The van der Waals surface area contributed by atoms with Crippen molar-refractivity contribution in [3.63, 3.8) is 0 Å². The highest BCUT2D eigenvalue weighted by atomic mass is 16.5. The molecule has 2 aromatic heterocycles. The van der Waals surface area contributed by atoms with Gasteiger partial charge in [-0.1, -0.05) is 0 Å². The normalized spacial score (nSPS) is 18.3. The number of aryl methyl sites for hydroxylation is 1. The molecular formula is C23H22N4O2. The predicted molar refractivity (Wildman–Crippen MR) is 109 cm³/mol. The number of aromatic amines is 1. The van der Waals surface area contributed by atoms with Crippen LogP contribution in [0.3, 0.4) is 0 Å². The Morgan fingerprint density at radius 3 is 2.69 bits per heavy atom. The molecule has 2 aliphatic carbocycles. The van der Waals surface area contributed by atoms with E-state index in [-0.39, 0.29) is 11.4 Å². The lowest BCUT2D eigenvalue weighted by Crippen LogP contribution is -2.57. The van der Waals surface area contributed by atoms with Crippen molar-refractivity contribution in [2.75, 3.05) is 7.11 Å². The molecule has 1 amide bonds. The second-order valence-corrected chi connectivity index (χ2v) is 8.39. The zero-order chi connectivity index (χ0) is 19.6. The summed E-state index contributed by atoms with van der Waals surface area (Å²) in [7, 11) is 1.66. The van der Waals surface area contributed by atoms with E-state index in [1.54, 1.807) is 7.11 Å². The Balaban J connectivity index is 1.44. The first-order chi connectivity index (χ1) is 14.2. The molecule has 3 heterocycles. The zero-order valence-electron chi connectivity index (χ0n) is 16.3. The Kier molecular flexibility index (Phi) is 3.43. The van der Waals surface area contributed by atoms with Crippen molar-refractivity contribution in [1.82, 2.24) is 20.3 Å². The lowest BCUT2D eigenvalue weighted by atomic mass is 9.71. The minimum atomic E-state index is -0.0275. The first-order valence-electron chi connectivity index (χ1n) is 10.2. The molecule has 1 fully saturated rings. The third-order valence-electron chi connectivity index (χ3n) is 6.71. The number of hydrogen-bond acceptors (Lipinski definition) is 4. The van der Waals surface area contributed by atoms with Gasteiger partial charge >= 0.3 is 0 Å². The van der Waals surface area contributed by atoms with E-state index in [4.69, 9.17) is 9.72 Å². The number of methoxy groups -OCH3 is 1. The van der Waals surface area contributed by atoms with Crippen LogP contribution in [0.15, 0.2) is 30.5 Å². The number of nitrogens with one attached hydrogen (secondary N) is 2. The molecule has 6 heteroatoms. The minimum absolute atomic E-state index is 0.0275. The van der Waals surface area contributed by atoms with Crippen LogP contribution < -0.4 is 10.1 Å². The van der Waals surface area contributed by atoms with Gasteiger partial charge in [0.2, 0.25) is 0 Å². The quantitative estimate of drug-likeness (QED) is 0.707. The summed E-state index contributed by atoms with van der Waals surface area (Å²) in [6.07, 6.45) is 7.86. The van der Waals surface area contributed by atoms with Gasteiger partial charge in [-0.25, -0.2) is 9.97 Å². The van der Waals surface area contributed by atoms with Gasteiger partial charge in [0.25, 0.3) is 5.91 Å². The lowest BCUT2D eigenvalue weighted by molar-refractivity contribution is 0.0793. The fraction of sp³-hybridized carbons (Fsp3) is 0.348. The van der Waals surface area contributed by atoms with Crippen LogP contribution in [0.25, 0.3) is 22.8 Å². The van der Waals surface area contributed by atoms with Gasteiger partial charge in [0.15, 0.2) is 5.82 Å². The third kappa shape index (κ3) is 2.44. The largest absolute Gasteiger partial charge is 0.497 e. The maximum Gasteiger partial charge on any atom is 0.253 e. The Morgan fingerprint density at radius 1 is 1.14 bits per heavy atom. The highest BCUT2D eigenvalue weighted by molar-refractivity contribution is 6.01. The monoisotopic (exact) mass is 386 g/mol. The predicted octanol–water partition coefficient (Wildman–Crippen LogP) is 3.45. The highest BCUT2D eigenvalue weighted by Crippen LogP contribution is 2.43. The third-order valence-corrected chi connectivity index (χ3v) is 6.71. The first-order valence-corrected chi connectivity index (χ1v) is 10.2. The van der Waals surface area contributed by atoms with Gasteiger partial charge in [0, 0.05) is 29.4 Å². The van der Waals surface area contributed by atoms with Gasteiger partial charge in [-0.2, -0.15) is 0 Å². The van der Waals surface area contributed by atoms with Crippen LogP contribution in [0.5, 0.6) is 5.75 Å². The van der Waals surface area contributed by atoms with E-state index in [1.165, 1.54) is 6.42 Å². The van der Waals surface area contributed by atoms with Crippen molar-refractivity contribution < 1.29 is 9.53 Å². The molecule has 0 unspecified atom stereocenters. The summed E-state index contributed by atoms with van der Waals surface area (Å²) in [5, 5.41) is 3.29. The van der Waals surface area contributed by atoms with Crippen molar-refractivity contribution in [1.29, 1.82) is 0 Å². The summed E-state index contributed by atoms with van der Waals surface area (Å²) < 4.78 is 5.25. The van der Waals surface area contributed by atoms with Crippen molar-refractivity contribution in [3.8, 4) is 28.5 Å². The topological polar surface area (TPSA) is 79.9 Å². The SMILES string of the molecule is COc1ccc(-c2ncc3c(n2)-c2[nH]c4c(c2CC3)C(=O)NC2(CCC2)C4)cc1. The number of ether oxygens (including phenoxy) is 1. The van der Waals surface area contributed by atoms with Crippen LogP contribution in [0.1, 0.15) is 46.4 Å². The molecule has 0 atom stereocenters. The average Bonchev–Trinajstić information content (AvgIpc) is 3.11. The van der Waals surface area contributed by atoms with E-state index in [0.717, 1.165) is 77.2 Å². The maximum absolute atomic E-state index is 12.9. The fourth-order valence-corrected chi connectivity index (χ4v) is 4.99. The molecule has 1 aromatic carbocycles. The van der Waals surface area contributed by atoms with Gasteiger partial charge < -0.3 is 15.0 Å². The average molecular weight is 386 g/mol. The molecule has 6 nitrogen and oxygen atoms in total. The smallest absolute Gasteiger partial charge is 0.253 e. The molecule has 0 bridgehead atoms. The molecule has 2 N–H and O–H groups in total. The van der Waals surface area contributed by atoms with Crippen molar-refractivity contribution >= 4 is 5.91 Å². The van der Waals surface area contributed by atoms with Gasteiger partial charge in [-0.15, -0.1) is 0 Å². The molecule has 29 heavy (non-hydrogen) atoms. The van der Waals surface area contributed by atoms with Crippen LogP contribution in [-0.4, -0.2) is 33.5 Å². The van der Waals surface area contributed by atoms with E-state index >= 15 is 0 Å². The van der Waals surface area contributed by atoms with Gasteiger partial charge in [0.05, 0.1) is 24.1 Å². The van der Waals surface area contributed by atoms with Crippen LogP contribution in [0.2, 0.25) is 0 Å². The van der Waals surface area contributed by atoms with E-state index in [9.17, 15) is 4.79 Å². The number of H-pyrrole nitrogens is 1. The van der Waals surface area contributed by atoms with Crippen molar-refractivity contribution in [2.45, 2.75) is 44.1 Å². The summed E-state index contributed by atoms with van der Waals surface area (Å²) >= 11 is 0. The highest BCUT2D eigenvalue weighted by Gasteiger charge is 2.45. The van der Waals surface area contributed by atoms with E-state index in [1.807, 2.05) is 30.5 Å². The molecule has 146 valence electrons. The van der Waals surface area contributed by atoms with Gasteiger partial charge in [-0.05, 0) is 67.5 Å². The minimum Gasteiger partial charge on any atom is -0.497 e. The number of hydrogen-bond donors (Lipinski definition) is 2. The Morgan fingerprint density at radius 2 is 1.97 bits per heavy atom. The fourth-order valence-electron chi connectivity index (χ4n) is 4.99. The molecule has 1 spiro atoms. The van der Waals surface area contributed by atoms with E-state index in [2.05, 4.69) is 15.3 Å². The summed E-state index contributed by atoms with van der Waals surface area (Å²) in [6.45, 7) is 0. The number of rotatable bonds is 2. The molecule has 3 aliphatic rings. The van der Waals surface area contributed by atoms with E-state index in [0.29, 0.717) is 5.82 Å². The lowest BCUT2D eigenvalue weighted by Gasteiger charge is -2.45. The van der Waals surface area contributed by atoms with Crippen LogP contribution >= 0.6 is 0 Å². The number of fused-ring (bicyclic) bond motifs is 5. The Bertz CT molecular complexity index is 1140. The summed E-state index contributed by atoms with van der Waals surface area (Å²) in [4.78, 5) is 26.0. The molecule has 6 rings (SSSR count). The van der Waals surface area contributed by atoms with Crippen LogP contribution in [0, 0.1) is 0 Å². The first kappa shape index (κ1) is 16.8. The molecule has 0 saturated heterocycles. The second kappa shape index (κ2) is 5.92. The standard InChI is InChI=1S/C23H22N4O2/c1-29-15-6-3-13(4-7-15)21-24-12-14-5-8-16-18-17(25-20(16)19(14)26-21)11-23(9-2-10-23)27-22(18)28/h3-4,6-7,12,25H,2,5,8-11H2,1H3,(H,27,28). The molecule has 1 saturated carbocycles. The number of carbonyl (C=O) groups is 1. The van der Waals surface area contributed by atoms with Gasteiger partial charge in [-0.3, -0.25) is 4.79 Å². The van der Waals surface area contributed by atoms with E-state index < -0.39 is 0 Å². The van der Waals surface area contributed by atoms with Gasteiger partial charge in [0.1, 0.15) is 5.75 Å². The second-order valence-electron chi connectivity index (χ2n) is 8.39. The molecule has 0 radical (unpaired) electrons. The van der Waals surface area contributed by atoms with Crippen LogP contribution in [-0.2, 0) is 19.3 Å². The summed E-state index contributed by atoms with van der Waals surface area (Å²) in [6, 6.07) is 7.77. The van der Waals surface area contributed by atoms with Crippen LogP contribution in [0.4, 0.5) is 0 Å². The number of nitrogens with zero attached hydrogens (tertiary/aromatic N) is 2. The number of benzene rings is 1. The summed E-state index contributed by atoms with van der Waals surface area (Å²) in [5.74, 6) is 1.57. The molecular weight excluding hydrogens is 364 g/mol. The number of carbonyl (C=O) groups excluding carboxylic acids is 1. The zero-order valence-corrected chi connectivity index (χ0v) is 16.3. The Hall–Kier alpha value is -3.15. The molecule has 3 aromatic rings. The number of aromatic nitrogens is 3. The maximum atomic E-state index is 12.9. The molecule has 1 aliphatic heterocycles. The Labute approximate surface area is 168 Å².